The van der Waals surface area contributed by atoms with Crippen molar-refractivity contribution in [3.05, 3.63) is 0 Å². The zero-order valence-corrected chi connectivity index (χ0v) is 7.92. The van der Waals surface area contributed by atoms with E-state index in [-0.39, 0.29) is 5.60 Å². The Labute approximate surface area is 74.6 Å². The molecule has 0 spiro atoms. The molecule has 1 saturated carbocycles. The minimum Gasteiger partial charge on any atom is -0.390 e. The number of hydrogen-bond acceptors (Lipinski definition) is 2. The molecule has 1 N–H and O–H groups in total. The average Bonchev–Trinajstić information content (AvgIpc) is 2.80. The molecule has 1 unspecified atom stereocenters. The van der Waals surface area contributed by atoms with Gasteiger partial charge in [-0.05, 0) is 51.6 Å². The summed E-state index contributed by atoms with van der Waals surface area (Å²) in [7, 11) is 2.15. The summed E-state index contributed by atoms with van der Waals surface area (Å²) in [5.74, 6) is 0.643. The third-order valence-corrected chi connectivity index (χ3v) is 3.41. The summed E-state index contributed by atoms with van der Waals surface area (Å²) in [6, 6.07) is 0. The minimum absolute atomic E-state index is 0.287. The third kappa shape index (κ3) is 1.64. The Morgan fingerprint density at radius 1 is 1.25 bits per heavy atom. The van der Waals surface area contributed by atoms with Crippen molar-refractivity contribution in [3.8, 4) is 0 Å². The van der Waals surface area contributed by atoms with E-state index in [9.17, 15) is 5.11 Å². The van der Waals surface area contributed by atoms with Crippen LogP contribution in [0.25, 0.3) is 0 Å². The zero-order valence-electron chi connectivity index (χ0n) is 7.92. The van der Waals surface area contributed by atoms with Crippen molar-refractivity contribution in [1.29, 1.82) is 0 Å². The highest BCUT2D eigenvalue weighted by atomic mass is 16.3. The molecule has 2 fully saturated rings. The molecule has 0 amide bonds. The SMILES string of the molecule is CN1CCCC(O)(C2CC2)CC1. The van der Waals surface area contributed by atoms with Gasteiger partial charge in [-0.15, -0.1) is 0 Å². The van der Waals surface area contributed by atoms with Crippen molar-refractivity contribution in [1.82, 2.24) is 4.90 Å². The van der Waals surface area contributed by atoms with Crippen molar-refractivity contribution in [2.24, 2.45) is 5.92 Å². The van der Waals surface area contributed by atoms with Crippen LogP contribution in [0.4, 0.5) is 0 Å². The molecule has 0 aromatic carbocycles. The Morgan fingerprint density at radius 3 is 2.67 bits per heavy atom. The van der Waals surface area contributed by atoms with Gasteiger partial charge in [0, 0.05) is 6.54 Å². The summed E-state index contributed by atoms with van der Waals surface area (Å²) < 4.78 is 0. The molecular weight excluding hydrogens is 150 g/mol. The number of likely N-dealkylation sites (tertiary alicyclic amines) is 1. The van der Waals surface area contributed by atoms with E-state index in [0.29, 0.717) is 5.92 Å². The first kappa shape index (κ1) is 8.52. The van der Waals surface area contributed by atoms with E-state index in [2.05, 4.69) is 11.9 Å². The van der Waals surface area contributed by atoms with E-state index in [0.717, 1.165) is 25.9 Å². The Bertz CT molecular complexity index is 167. The maximum atomic E-state index is 10.3. The minimum atomic E-state index is -0.287. The van der Waals surface area contributed by atoms with Gasteiger partial charge in [0.2, 0.25) is 0 Å². The van der Waals surface area contributed by atoms with Crippen molar-refractivity contribution in [2.75, 3.05) is 20.1 Å². The molecule has 0 bridgehead atoms. The topological polar surface area (TPSA) is 23.5 Å². The molecule has 0 radical (unpaired) electrons. The van der Waals surface area contributed by atoms with Crippen LogP contribution in [0.5, 0.6) is 0 Å². The van der Waals surface area contributed by atoms with Crippen LogP contribution in [0.15, 0.2) is 0 Å². The van der Waals surface area contributed by atoms with E-state index in [4.69, 9.17) is 0 Å². The largest absolute Gasteiger partial charge is 0.390 e. The second-order valence-electron chi connectivity index (χ2n) is 4.53. The van der Waals surface area contributed by atoms with E-state index < -0.39 is 0 Å². The Balaban J connectivity index is 1.96. The number of aliphatic hydroxyl groups is 1. The van der Waals surface area contributed by atoms with Crippen LogP contribution in [0.1, 0.15) is 32.1 Å². The first-order valence-electron chi connectivity index (χ1n) is 5.12. The van der Waals surface area contributed by atoms with Crippen molar-refractivity contribution < 1.29 is 5.11 Å². The summed E-state index contributed by atoms with van der Waals surface area (Å²) in [6.07, 6.45) is 5.72. The van der Waals surface area contributed by atoms with Gasteiger partial charge in [-0.3, -0.25) is 0 Å². The lowest BCUT2D eigenvalue weighted by Crippen LogP contribution is -2.32. The van der Waals surface area contributed by atoms with Crippen molar-refractivity contribution in [2.45, 2.75) is 37.7 Å². The first-order chi connectivity index (χ1) is 5.71. The Hall–Kier alpha value is -0.0800. The predicted molar refractivity (Wildman–Crippen MR) is 49.0 cm³/mol. The van der Waals surface area contributed by atoms with Gasteiger partial charge in [-0.25, -0.2) is 0 Å². The molecular formula is C10H19NO. The maximum absolute atomic E-state index is 10.3. The molecule has 1 atom stereocenters. The molecule has 0 aromatic heterocycles. The van der Waals surface area contributed by atoms with Gasteiger partial charge in [-0.1, -0.05) is 0 Å². The van der Waals surface area contributed by atoms with Gasteiger partial charge in [-0.2, -0.15) is 0 Å². The predicted octanol–water partition coefficient (Wildman–Crippen LogP) is 1.24. The van der Waals surface area contributed by atoms with Gasteiger partial charge >= 0.3 is 0 Å². The van der Waals surface area contributed by atoms with E-state index in [1.807, 2.05) is 0 Å². The lowest BCUT2D eigenvalue weighted by molar-refractivity contribution is 0.00392. The highest BCUT2D eigenvalue weighted by Crippen LogP contribution is 2.44. The molecule has 2 aliphatic rings. The molecule has 1 aliphatic carbocycles. The number of nitrogens with zero attached hydrogens (tertiary/aromatic N) is 1. The quantitative estimate of drug-likeness (QED) is 0.638. The maximum Gasteiger partial charge on any atom is 0.0688 e. The monoisotopic (exact) mass is 169 g/mol. The molecule has 2 nitrogen and oxygen atoms in total. The summed E-state index contributed by atoms with van der Waals surface area (Å²) in [4.78, 5) is 2.33. The number of rotatable bonds is 1. The molecule has 70 valence electrons. The van der Waals surface area contributed by atoms with Crippen LogP contribution < -0.4 is 0 Å². The van der Waals surface area contributed by atoms with Crippen LogP contribution in [-0.4, -0.2) is 35.7 Å². The zero-order chi connectivity index (χ0) is 8.60. The summed E-state index contributed by atoms with van der Waals surface area (Å²) in [5.41, 5.74) is -0.287. The van der Waals surface area contributed by atoms with Crippen LogP contribution in [0, 0.1) is 5.92 Å². The van der Waals surface area contributed by atoms with Gasteiger partial charge in [0.15, 0.2) is 0 Å². The number of hydrogen-bond donors (Lipinski definition) is 1. The van der Waals surface area contributed by atoms with E-state index in [1.165, 1.54) is 19.3 Å². The molecule has 1 heterocycles. The third-order valence-electron chi connectivity index (χ3n) is 3.41. The summed E-state index contributed by atoms with van der Waals surface area (Å²) >= 11 is 0. The average molecular weight is 169 g/mol. The van der Waals surface area contributed by atoms with Crippen LogP contribution in [-0.2, 0) is 0 Å². The summed E-state index contributed by atoms with van der Waals surface area (Å²) in [5, 5.41) is 10.3. The second-order valence-corrected chi connectivity index (χ2v) is 4.53. The normalized spacial score (nSPS) is 39.5. The molecule has 12 heavy (non-hydrogen) atoms. The van der Waals surface area contributed by atoms with Crippen molar-refractivity contribution in [3.63, 3.8) is 0 Å². The fourth-order valence-electron chi connectivity index (χ4n) is 2.31. The molecule has 2 rings (SSSR count). The van der Waals surface area contributed by atoms with Gasteiger partial charge in [0.25, 0.3) is 0 Å². The van der Waals surface area contributed by atoms with Gasteiger partial charge in [0.1, 0.15) is 0 Å². The first-order valence-corrected chi connectivity index (χ1v) is 5.12. The molecule has 2 heteroatoms. The standard InChI is InChI=1S/C10H19NO/c1-11-7-2-5-10(12,6-8-11)9-3-4-9/h9,12H,2-8H2,1H3. The fourth-order valence-corrected chi connectivity index (χ4v) is 2.31. The van der Waals surface area contributed by atoms with Crippen LogP contribution >= 0.6 is 0 Å². The second kappa shape index (κ2) is 3.00. The van der Waals surface area contributed by atoms with Crippen molar-refractivity contribution >= 4 is 0 Å². The fraction of sp³-hybridized carbons (Fsp3) is 1.00. The summed E-state index contributed by atoms with van der Waals surface area (Å²) in [6.45, 7) is 2.24. The van der Waals surface area contributed by atoms with Gasteiger partial charge < -0.3 is 10.0 Å². The van der Waals surface area contributed by atoms with Gasteiger partial charge in [0.05, 0.1) is 5.60 Å². The lowest BCUT2D eigenvalue weighted by atomic mass is 9.90. The smallest absolute Gasteiger partial charge is 0.0688 e. The highest BCUT2D eigenvalue weighted by Gasteiger charge is 2.43. The van der Waals surface area contributed by atoms with E-state index in [1.54, 1.807) is 0 Å². The lowest BCUT2D eigenvalue weighted by Gasteiger charge is -2.26. The van der Waals surface area contributed by atoms with Crippen LogP contribution in [0.2, 0.25) is 0 Å². The van der Waals surface area contributed by atoms with Crippen LogP contribution in [0.3, 0.4) is 0 Å². The van der Waals surface area contributed by atoms with E-state index >= 15 is 0 Å². The molecule has 1 saturated heterocycles. The molecule has 1 aliphatic heterocycles. The highest BCUT2D eigenvalue weighted by molar-refractivity contribution is 4.96. The Morgan fingerprint density at radius 2 is 2.00 bits per heavy atom. The molecule has 0 aromatic rings. The Kier molecular flexibility index (Phi) is 2.13.